The molecule has 2 aromatic rings. The van der Waals surface area contributed by atoms with Gasteiger partial charge in [0.25, 0.3) is 0 Å². The fourth-order valence-corrected chi connectivity index (χ4v) is 4.55. The van der Waals surface area contributed by atoms with Crippen LogP contribution in [0.5, 0.6) is 17.2 Å². The van der Waals surface area contributed by atoms with E-state index in [0.29, 0.717) is 11.8 Å². The van der Waals surface area contributed by atoms with Crippen LogP contribution in [0.25, 0.3) is 0 Å². The van der Waals surface area contributed by atoms with Crippen molar-refractivity contribution in [2.45, 2.75) is 44.2 Å². The zero-order valence-corrected chi connectivity index (χ0v) is 15.1. The lowest BCUT2D eigenvalue weighted by Crippen LogP contribution is -2.35. The predicted molar refractivity (Wildman–Crippen MR) is 92.6 cm³/mol. The fraction of sp³-hybridized carbons (Fsp3) is 0.611. The molecular formula is C18H23N5O3. The number of hydrogen-bond donors (Lipinski definition) is 0. The standard InChI is InChI=1S/C18H23N5O3/c1-22-8-7-11-9-13-16(26-10-25-13)17(24-2)14(11)15(22)18-19-20-21-23(18)12-5-3-4-6-12/h9,12,15H,3-8,10H2,1-2H3/t15-/m0/s1. The van der Waals surface area contributed by atoms with Gasteiger partial charge in [-0.2, -0.15) is 0 Å². The second-order valence-electron chi connectivity index (χ2n) is 7.27. The number of tetrazole rings is 1. The van der Waals surface area contributed by atoms with E-state index < -0.39 is 0 Å². The zero-order chi connectivity index (χ0) is 17.7. The van der Waals surface area contributed by atoms with E-state index in [0.717, 1.165) is 48.7 Å². The van der Waals surface area contributed by atoms with E-state index in [2.05, 4.69) is 33.5 Å². The Morgan fingerprint density at radius 3 is 2.88 bits per heavy atom. The molecule has 2 aliphatic heterocycles. The highest BCUT2D eigenvalue weighted by Gasteiger charge is 2.38. The summed E-state index contributed by atoms with van der Waals surface area (Å²) in [7, 11) is 3.80. The van der Waals surface area contributed by atoms with Crippen LogP contribution < -0.4 is 14.2 Å². The molecule has 26 heavy (non-hydrogen) atoms. The van der Waals surface area contributed by atoms with Crippen molar-refractivity contribution < 1.29 is 14.2 Å². The maximum absolute atomic E-state index is 5.79. The topological polar surface area (TPSA) is 74.5 Å². The minimum Gasteiger partial charge on any atom is -0.492 e. The second-order valence-corrected chi connectivity index (χ2v) is 7.27. The van der Waals surface area contributed by atoms with Crippen molar-refractivity contribution in [3.8, 4) is 17.2 Å². The number of rotatable bonds is 3. The van der Waals surface area contributed by atoms with Crippen molar-refractivity contribution in [1.29, 1.82) is 0 Å². The largest absolute Gasteiger partial charge is 0.492 e. The number of methoxy groups -OCH3 is 1. The Labute approximate surface area is 152 Å². The molecule has 0 bridgehead atoms. The Morgan fingerprint density at radius 1 is 1.23 bits per heavy atom. The molecule has 0 radical (unpaired) electrons. The Hall–Kier alpha value is -2.35. The Kier molecular flexibility index (Phi) is 3.74. The maximum atomic E-state index is 5.79. The van der Waals surface area contributed by atoms with Crippen LogP contribution in [0.1, 0.15) is 54.7 Å². The summed E-state index contributed by atoms with van der Waals surface area (Å²) in [6, 6.07) is 2.42. The van der Waals surface area contributed by atoms with Crippen molar-refractivity contribution in [3.05, 3.63) is 23.0 Å². The second kappa shape index (κ2) is 6.12. The van der Waals surface area contributed by atoms with Crippen LogP contribution in [0.2, 0.25) is 0 Å². The molecule has 1 atom stereocenters. The molecule has 5 rings (SSSR count). The first-order valence-corrected chi connectivity index (χ1v) is 9.25. The van der Waals surface area contributed by atoms with E-state index >= 15 is 0 Å². The highest BCUT2D eigenvalue weighted by Crippen LogP contribution is 2.50. The van der Waals surface area contributed by atoms with Crippen LogP contribution in [-0.2, 0) is 6.42 Å². The first-order valence-electron chi connectivity index (χ1n) is 9.25. The van der Waals surface area contributed by atoms with Crippen LogP contribution in [0, 0.1) is 0 Å². The number of aromatic nitrogens is 4. The van der Waals surface area contributed by atoms with Gasteiger partial charge in [0.15, 0.2) is 17.3 Å². The summed E-state index contributed by atoms with van der Waals surface area (Å²) in [6.45, 7) is 1.16. The summed E-state index contributed by atoms with van der Waals surface area (Å²) in [5, 5.41) is 12.8. The molecule has 8 heteroatoms. The molecule has 1 fully saturated rings. The van der Waals surface area contributed by atoms with Gasteiger partial charge in [0, 0.05) is 12.1 Å². The molecule has 0 spiro atoms. The normalized spacial score (nSPS) is 22.6. The predicted octanol–water partition coefficient (Wildman–Crippen LogP) is 2.10. The monoisotopic (exact) mass is 357 g/mol. The highest BCUT2D eigenvalue weighted by molar-refractivity contribution is 5.62. The quantitative estimate of drug-likeness (QED) is 0.833. The lowest BCUT2D eigenvalue weighted by Gasteiger charge is -2.35. The van der Waals surface area contributed by atoms with Crippen molar-refractivity contribution in [2.75, 3.05) is 27.5 Å². The third-order valence-electron chi connectivity index (χ3n) is 5.83. The maximum Gasteiger partial charge on any atom is 0.231 e. The van der Waals surface area contributed by atoms with Crippen molar-refractivity contribution in [3.63, 3.8) is 0 Å². The van der Waals surface area contributed by atoms with Crippen LogP contribution in [0.15, 0.2) is 6.07 Å². The molecular weight excluding hydrogens is 334 g/mol. The smallest absolute Gasteiger partial charge is 0.231 e. The van der Waals surface area contributed by atoms with Gasteiger partial charge in [0.1, 0.15) is 6.04 Å². The summed E-state index contributed by atoms with van der Waals surface area (Å²) in [4.78, 5) is 2.30. The van der Waals surface area contributed by atoms with E-state index in [1.807, 2.05) is 4.68 Å². The van der Waals surface area contributed by atoms with Crippen LogP contribution in [-0.4, -0.2) is 52.6 Å². The van der Waals surface area contributed by atoms with Gasteiger partial charge in [0.05, 0.1) is 13.2 Å². The summed E-state index contributed by atoms with van der Waals surface area (Å²) in [5.74, 6) is 3.08. The lowest BCUT2D eigenvalue weighted by atomic mass is 9.90. The number of nitrogens with zero attached hydrogens (tertiary/aromatic N) is 5. The van der Waals surface area contributed by atoms with E-state index in [4.69, 9.17) is 14.2 Å². The van der Waals surface area contributed by atoms with Crippen LogP contribution in [0.3, 0.4) is 0 Å². The SMILES string of the molecule is COc1c2c(cc3c1[C@@H](c1nnnn1C1CCCC1)N(C)CC3)OCO2. The number of fused-ring (bicyclic) bond motifs is 2. The van der Waals surface area contributed by atoms with Gasteiger partial charge >= 0.3 is 0 Å². The highest BCUT2D eigenvalue weighted by atomic mass is 16.7. The first kappa shape index (κ1) is 15.9. The van der Waals surface area contributed by atoms with Gasteiger partial charge in [-0.15, -0.1) is 5.10 Å². The summed E-state index contributed by atoms with van der Waals surface area (Å²) in [6.07, 6.45) is 5.69. The van der Waals surface area contributed by atoms with Gasteiger partial charge in [-0.3, -0.25) is 4.90 Å². The average Bonchev–Trinajstić information content (AvgIpc) is 3.39. The number of ether oxygens (including phenoxy) is 3. The van der Waals surface area contributed by atoms with Crippen molar-refractivity contribution in [1.82, 2.24) is 25.1 Å². The molecule has 1 saturated carbocycles. The first-order chi connectivity index (χ1) is 12.8. The molecule has 3 heterocycles. The summed E-state index contributed by atoms with van der Waals surface area (Å²) in [5.41, 5.74) is 2.31. The molecule has 0 N–H and O–H groups in total. The van der Waals surface area contributed by atoms with Gasteiger partial charge in [-0.25, -0.2) is 4.68 Å². The molecule has 1 aromatic heterocycles. The average molecular weight is 357 g/mol. The fourth-order valence-electron chi connectivity index (χ4n) is 4.55. The Bertz CT molecular complexity index is 830. The molecule has 0 saturated heterocycles. The van der Waals surface area contributed by atoms with Crippen LogP contribution in [0.4, 0.5) is 0 Å². The molecule has 3 aliphatic rings. The molecule has 8 nitrogen and oxygen atoms in total. The number of likely N-dealkylation sites (N-methyl/N-ethyl adjacent to an activating group) is 1. The molecule has 0 amide bonds. The minimum absolute atomic E-state index is 0.0567. The third kappa shape index (κ3) is 2.28. The van der Waals surface area contributed by atoms with E-state index in [1.54, 1.807) is 7.11 Å². The summed E-state index contributed by atoms with van der Waals surface area (Å²) < 4.78 is 19.1. The molecule has 138 valence electrons. The van der Waals surface area contributed by atoms with Gasteiger partial charge in [-0.05, 0) is 48.4 Å². The zero-order valence-electron chi connectivity index (χ0n) is 15.1. The van der Waals surface area contributed by atoms with E-state index in [9.17, 15) is 0 Å². The minimum atomic E-state index is -0.0567. The van der Waals surface area contributed by atoms with Crippen LogP contribution >= 0.6 is 0 Å². The van der Waals surface area contributed by atoms with Gasteiger partial charge in [-0.1, -0.05) is 12.8 Å². The van der Waals surface area contributed by atoms with Crippen molar-refractivity contribution >= 4 is 0 Å². The number of benzene rings is 1. The summed E-state index contributed by atoms with van der Waals surface area (Å²) >= 11 is 0. The molecule has 1 aliphatic carbocycles. The molecule has 0 unspecified atom stereocenters. The number of hydrogen-bond acceptors (Lipinski definition) is 7. The van der Waals surface area contributed by atoms with Gasteiger partial charge < -0.3 is 14.2 Å². The molecule has 1 aromatic carbocycles. The Balaban J connectivity index is 1.67. The third-order valence-corrected chi connectivity index (χ3v) is 5.83. The van der Waals surface area contributed by atoms with Crippen molar-refractivity contribution in [2.24, 2.45) is 0 Å². The van der Waals surface area contributed by atoms with E-state index in [-0.39, 0.29) is 12.8 Å². The Morgan fingerprint density at radius 2 is 2.08 bits per heavy atom. The van der Waals surface area contributed by atoms with Gasteiger partial charge in [0.2, 0.25) is 12.5 Å². The van der Waals surface area contributed by atoms with E-state index in [1.165, 1.54) is 18.4 Å². The lowest BCUT2D eigenvalue weighted by molar-refractivity contribution is 0.170.